The molecule has 142 valence electrons. The van der Waals surface area contributed by atoms with Gasteiger partial charge in [0.1, 0.15) is 22.8 Å². The van der Waals surface area contributed by atoms with E-state index < -0.39 is 35.6 Å². The Morgan fingerprint density at radius 2 is 1.89 bits per heavy atom. The zero-order chi connectivity index (χ0) is 19.9. The Morgan fingerprint density at radius 3 is 2.48 bits per heavy atom. The first-order chi connectivity index (χ1) is 12.6. The van der Waals surface area contributed by atoms with Crippen LogP contribution in [0.4, 0.5) is 19.5 Å². The fourth-order valence-electron chi connectivity index (χ4n) is 2.52. The summed E-state index contributed by atoms with van der Waals surface area (Å²) in [5.74, 6) is -1.82. The number of halogens is 2. The van der Waals surface area contributed by atoms with E-state index in [1.165, 1.54) is 12.3 Å². The Hall–Kier alpha value is -3.30. The lowest BCUT2D eigenvalue weighted by molar-refractivity contribution is 0.0537. The second kappa shape index (κ2) is 6.45. The van der Waals surface area contributed by atoms with Crippen LogP contribution in [0, 0.1) is 11.6 Å². The van der Waals surface area contributed by atoms with E-state index in [0.717, 1.165) is 16.7 Å². The van der Waals surface area contributed by atoms with E-state index in [9.17, 15) is 18.4 Å². The number of hydrogen-bond acceptors (Lipinski definition) is 6. The number of hydrogen-bond donors (Lipinski definition) is 1. The van der Waals surface area contributed by atoms with Crippen molar-refractivity contribution < 1.29 is 18.3 Å². The van der Waals surface area contributed by atoms with Crippen LogP contribution in [-0.4, -0.2) is 30.8 Å². The number of nitrogen functional groups attached to an aromatic ring is 1. The van der Waals surface area contributed by atoms with Crippen molar-refractivity contribution in [3.8, 4) is 0 Å². The van der Waals surface area contributed by atoms with E-state index in [2.05, 4.69) is 9.97 Å². The maximum absolute atomic E-state index is 14.0. The topological polar surface area (TPSA) is 105 Å². The Labute approximate surface area is 152 Å². The summed E-state index contributed by atoms with van der Waals surface area (Å²) < 4.78 is 34.9. The first-order valence-electron chi connectivity index (χ1n) is 7.98. The highest BCUT2D eigenvalue weighted by Crippen LogP contribution is 2.18. The summed E-state index contributed by atoms with van der Waals surface area (Å²) in [7, 11) is 0. The molecular weight excluding hydrogens is 360 g/mol. The molecule has 0 saturated heterocycles. The number of carbonyl (C=O) groups is 1. The highest BCUT2D eigenvalue weighted by Gasteiger charge is 2.26. The molecule has 2 heterocycles. The molecular formula is C17H17F2N5O3. The quantitative estimate of drug-likeness (QED) is 0.735. The third-order valence-corrected chi connectivity index (χ3v) is 3.64. The Morgan fingerprint density at radius 1 is 1.26 bits per heavy atom. The van der Waals surface area contributed by atoms with Gasteiger partial charge in [-0.05, 0) is 32.9 Å². The van der Waals surface area contributed by atoms with Crippen LogP contribution in [0.1, 0.15) is 26.3 Å². The number of aromatic nitrogens is 4. The molecule has 0 aliphatic rings. The molecule has 0 amide bonds. The number of benzene rings is 1. The van der Waals surface area contributed by atoms with Crippen molar-refractivity contribution in [2.75, 3.05) is 5.73 Å². The predicted molar refractivity (Wildman–Crippen MR) is 93.3 cm³/mol. The van der Waals surface area contributed by atoms with Gasteiger partial charge < -0.3 is 10.5 Å². The van der Waals surface area contributed by atoms with Crippen LogP contribution in [0.2, 0.25) is 0 Å². The summed E-state index contributed by atoms with van der Waals surface area (Å²) in [6, 6.07) is 3.35. The van der Waals surface area contributed by atoms with E-state index in [1.807, 2.05) is 0 Å². The molecule has 8 nitrogen and oxygen atoms in total. The lowest BCUT2D eigenvalue weighted by Gasteiger charge is -2.19. The van der Waals surface area contributed by atoms with Crippen molar-refractivity contribution in [3.05, 3.63) is 52.1 Å². The number of carbonyl (C=O) groups excluding carboxylic acids is 1. The Balaban J connectivity index is 2.22. The summed E-state index contributed by atoms with van der Waals surface area (Å²) in [5.41, 5.74) is 3.46. The SMILES string of the molecule is CC(C)(C)OC(=O)n1c(=O)n(Cc2c(F)cccc2F)c2nc(N)ncc21. The molecule has 0 fully saturated rings. The van der Waals surface area contributed by atoms with Gasteiger partial charge in [0.25, 0.3) is 0 Å². The maximum Gasteiger partial charge on any atom is 0.423 e. The van der Waals surface area contributed by atoms with Crippen molar-refractivity contribution in [1.29, 1.82) is 0 Å². The van der Waals surface area contributed by atoms with E-state index in [0.29, 0.717) is 4.57 Å². The molecule has 0 radical (unpaired) electrons. The van der Waals surface area contributed by atoms with Crippen LogP contribution in [0.15, 0.2) is 29.2 Å². The fraction of sp³-hybridized carbons (Fsp3) is 0.294. The number of anilines is 1. The fourth-order valence-corrected chi connectivity index (χ4v) is 2.52. The number of rotatable bonds is 2. The van der Waals surface area contributed by atoms with Crippen LogP contribution >= 0.6 is 0 Å². The molecule has 27 heavy (non-hydrogen) atoms. The summed E-state index contributed by atoms with van der Waals surface area (Å²) in [6.07, 6.45) is 0.218. The number of nitrogens with two attached hydrogens (primary N) is 1. The molecule has 0 spiro atoms. The summed E-state index contributed by atoms with van der Waals surface area (Å²) in [5, 5.41) is 0. The molecule has 0 atom stereocenters. The molecule has 10 heteroatoms. The second-order valence-corrected chi connectivity index (χ2v) is 6.82. The average molecular weight is 377 g/mol. The van der Waals surface area contributed by atoms with Gasteiger partial charge in [-0.2, -0.15) is 9.55 Å². The van der Waals surface area contributed by atoms with Gasteiger partial charge in [-0.1, -0.05) is 6.07 Å². The molecule has 0 aliphatic carbocycles. The first kappa shape index (κ1) is 18.5. The van der Waals surface area contributed by atoms with Crippen molar-refractivity contribution in [3.63, 3.8) is 0 Å². The van der Waals surface area contributed by atoms with Crippen molar-refractivity contribution in [2.24, 2.45) is 0 Å². The molecule has 1 aromatic carbocycles. The van der Waals surface area contributed by atoms with E-state index in [-0.39, 0.29) is 22.7 Å². The van der Waals surface area contributed by atoms with Gasteiger partial charge in [0, 0.05) is 5.56 Å². The van der Waals surface area contributed by atoms with Crippen LogP contribution in [0.25, 0.3) is 11.2 Å². The van der Waals surface area contributed by atoms with Crippen molar-refractivity contribution >= 4 is 23.2 Å². The van der Waals surface area contributed by atoms with Gasteiger partial charge in [-0.3, -0.25) is 4.57 Å². The third-order valence-electron chi connectivity index (χ3n) is 3.64. The van der Waals surface area contributed by atoms with E-state index in [4.69, 9.17) is 10.5 Å². The minimum atomic E-state index is -0.960. The predicted octanol–water partition coefficient (Wildman–Crippen LogP) is 2.28. The number of ether oxygens (including phenoxy) is 1. The molecule has 3 aromatic rings. The first-order valence-corrected chi connectivity index (χ1v) is 7.98. The number of nitrogens with zero attached hydrogens (tertiary/aromatic N) is 4. The van der Waals surface area contributed by atoms with Crippen LogP contribution in [-0.2, 0) is 11.3 Å². The monoisotopic (exact) mass is 377 g/mol. The van der Waals surface area contributed by atoms with E-state index >= 15 is 0 Å². The highest BCUT2D eigenvalue weighted by molar-refractivity contribution is 5.85. The maximum atomic E-state index is 14.0. The molecule has 0 unspecified atom stereocenters. The summed E-state index contributed by atoms with van der Waals surface area (Å²) in [4.78, 5) is 33.0. The lowest BCUT2D eigenvalue weighted by Crippen LogP contribution is -2.34. The van der Waals surface area contributed by atoms with Gasteiger partial charge >= 0.3 is 11.8 Å². The van der Waals surface area contributed by atoms with Crippen LogP contribution in [0.5, 0.6) is 0 Å². The molecule has 0 saturated carbocycles. The molecule has 2 aromatic heterocycles. The van der Waals surface area contributed by atoms with Crippen LogP contribution < -0.4 is 11.4 Å². The zero-order valence-corrected chi connectivity index (χ0v) is 14.9. The van der Waals surface area contributed by atoms with Crippen molar-refractivity contribution in [1.82, 2.24) is 19.1 Å². The Kier molecular flexibility index (Phi) is 4.42. The zero-order valence-electron chi connectivity index (χ0n) is 14.9. The van der Waals surface area contributed by atoms with Gasteiger partial charge in [0.05, 0.1) is 12.7 Å². The van der Waals surface area contributed by atoms with E-state index in [1.54, 1.807) is 20.8 Å². The second-order valence-electron chi connectivity index (χ2n) is 6.82. The van der Waals surface area contributed by atoms with Gasteiger partial charge in [-0.15, -0.1) is 0 Å². The van der Waals surface area contributed by atoms with Gasteiger partial charge in [0.2, 0.25) is 5.95 Å². The molecule has 3 rings (SSSR count). The Bertz CT molecular complexity index is 1080. The lowest BCUT2D eigenvalue weighted by atomic mass is 10.2. The highest BCUT2D eigenvalue weighted by atomic mass is 19.1. The normalized spacial score (nSPS) is 11.7. The number of fused-ring (bicyclic) bond motifs is 1. The largest absolute Gasteiger partial charge is 0.443 e. The van der Waals surface area contributed by atoms with Crippen LogP contribution in [0.3, 0.4) is 0 Å². The molecule has 2 N–H and O–H groups in total. The minimum Gasteiger partial charge on any atom is -0.443 e. The average Bonchev–Trinajstić information content (AvgIpc) is 2.81. The van der Waals surface area contributed by atoms with Gasteiger partial charge in [-0.25, -0.2) is 23.4 Å². The van der Waals surface area contributed by atoms with Crippen molar-refractivity contribution in [2.45, 2.75) is 32.9 Å². The summed E-state index contributed by atoms with van der Waals surface area (Å²) in [6.45, 7) is 4.43. The summed E-state index contributed by atoms with van der Waals surface area (Å²) >= 11 is 0. The van der Waals surface area contributed by atoms with Gasteiger partial charge in [0.15, 0.2) is 5.65 Å². The number of imidazole rings is 1. The molecule has 0 aliphatic heterocycles. The third kappa shape index (κ3) is 3.50. The minimum absolute atomic E-state index is 0.0141. The smallest absolute Gasteiger partial charge is 0.423 e. The molecule has 0 bridgehead atoms. The standard InChI is InChI=1S/C17H17F2N5O3/c1-17(2,3)27-16(26)24-12-7-21-14(20)22-13(12)23(15(24)25)8-9-10(18)5-4-6-11(9)19/h4-7H,8H2,1-3H3,(H2,20,21,22).